The van der Waals surface area contributed by atoms with E-state index in [4.69, 9.17) is 21.4 Å². The molecule has 110 valence electrons. The van der Waals surface area contributed by atoms with E-state index in [1.807, 2.05) is 6.92 Å². The van der Waals surface area contributed by atoms with E-state index in [1.165, 1.54) is 4.90 Å². The third-order valence-electron chi connectivity index (χ3n) is 2.49. The second kappa shape index (κ2) is 8.45. The Morgan fingerprint density at radius 3 is 2.95 bits per heavy atom. The van der Waals surface area contributed by atoms with Crippen molar-refractivity contribution in [3.8, 4) is 5.75 Å². The molecule has 0 bridgehead atoms. The van der Waals surface area contributed by atoms with Gasteiger partial charge in [-0.25, -0.2) is 4.79 Å². The summed E-state index contributed by atoms with van der Waals surface area (Å²) in [6.45, 7) is 6.38. The first-order chi connectivity index (χ1) is 9.62. The van der Waals surface area contributed by atoms with Gasteiger partial charge in [-0.05, 0) is 19.1 Å². The minimum Gasteiger partial charge on any atom is -0.492 e. The quantitative estimate of drug-likeness (QED) is 0.761. The molecule has 6 heteroatoms. The first-order valence-electron chi connectivity index (χ1n) is 6.32. The van der Waals surface area contributed by atoms with Crippen LogP contribution in [0.3, 0.4) is 0 Å². The van der Waals surface area contributed by atoms with Crippen molar-refractivity contribution in [2.75, 3.05) is 31.6 Å². The van der Waals surface area contributed by atoms with Crippen molar-refractivity contribution in [2.45, 2.75) is 6.92 Å². The molecule has 0 saturated carbocycles. The molecule has 0 atom stereocenters. The summed E-state index contributed by atoms with van der Waals surface area (Å²) < 4.78 is 5.43. The number of amides is 2. The lowest BCUT2D eigenvalue weighted by Crippen LogP contribution is -2.37. The van der Waals surface area contributed by atoms with Crippen LogP contribution in [-0.4, -0.2) is 42.3 Å². The molecule has 1 aromatic carbocycles. The highest BCUT2D eigenvalue weighted by atomic mass is 35.5. The van der Waals surface area contributed by atoms with Gasteiger partial charge < -0.3 is 20.1 Å². The highest BCUT2D eigenvalue weighted by Crippen LogP contribution is 2.28. The number of ether oxygens (including phenoxy) is 1. The van der Waals surface area contributed by atoms with Gasteiger partial charge in [-0.15, -0.1) is 6.58 Å². The van der Waals surface area contributed by atoms with E-state index in [2.05, 4.69) is 11.9 Å². The summed E-state index contributed by atoms with van der Waals surface area (Å²) in [5.41, 5.74) is 0.535. The van der Waals surface area contributed by atoms with Crippen molar-refractivity contribution in [3.63, 3.8) is 0 Å². The zero-order chi connectivity index (χ0) is 15.0. The van der Waals surface area contributed by atoms with Crippen molar-refractivity contribution in [2.24, 2.45) is 0 Å². The van der Waals surface area contributed by atoms with Crippen LogP contribution in [0.15, 0.2) is 30.9 Å². The van der Waals surface area contributed by atoms with Crippen LogP contribution in [0.25, 0.3) is 0 Å². The number of hydrogen-bond donors (Lipinski definition) is 2. The lowest BCUT2D eigenvalue weighted by Gasteiger charge is -2.21. The van der Waals surface area contributed by atoms with E-state index < -0.39 is 0 Å². The maximum absolute atomic E-state index is 12.1. The van der Waals surface area contributed by atoms with E-state index in [0.717, 1.165) is 0 Å². The smallest absolute Gasteiger partial charge is 0.322 e. The molecule has 1 rings (SSSR count). The number of nitrogens with one attached hydrogen (secondary N) is 1. The van der Waals surface area contributed by atoms with Gasteiger partial charge in [-0.1, -0.05) is 17.7 Å². The average molecular weight is 299 g/mol. The van der Waals surface area contributed by atoms with Crippen molar-refractivity contribution >= 4 is 23.3 Å². The summed E-state index contributed by atoms with van der Waals surface area (Å²) in [7, 11) is 0. The van der Waals surface area contributed by atoms with Crippen LogP contribution in [0.4, 0.5) is 10.5 Å². The normalized spacial score (nSPS) is 9.95. The number of carbonyl (C=O) groups is 1. The molecule has 0 fully saturated rings. The van der Waals surface area contributed by atoms with Crippen molar-refractivity contribution in [1.29, 1.82) is 0 Å². The molecule has 0 aliphatic heterocycles. The molecule has 0 aliphatic rings. The summed E-state index contributed by atoms with van der Waals surface area (Å²) in [5, 5.41) is 12.2. The van der Waals surface area contributed by atoms with Gasteiger partial charge >= 0.3 is 6.03 Å². The number of hydrogen-bond acceptors (Lipinski definition) is 3. The van der Waals surface area contributed by atoms with Crippen LogP contribution in [0.2, 0.25) is 5.02 Å². The SMILES string of the molecule is C=CCN(CCO)C(=O)Nc1ccc(Cl)cc1OCC. The van der Waals surface area contributed by atoms with Crippen LogP contribution >= 0.6 is 11.6 Å². The van der Waals surface area contributed by atoms with Crippen molar-refractivity contribution in [3.05, 3.63) is 35.9 Å². The zero-order valence-electron chi connectivity index (χ0n) is 11.4. The average Bonchev–Trinajstić information content (AvgIpc) is 2.42. The summed E-state index contributed by atoms with van der Waals surface area (Å²) in [6.07, 6.45) is 1.60. The van der Waals surface area contributed by atoms with Gasteiger partial charge in [0, 0.05) is 24.2 Å². The van der Waals surface area contributed by atoms with E-state index in [0.29, 0.717) is 29.6 Å². The Bertz CT molecular complexity index is 466. The van der Waals surface area contributed by atoms with E-state index in [9.17, 15) is 4.79 Å². The number of anilines is 1. The Kier molecular flexibility index (Phi) is 6.90. The number of aliphatic hydroxyl groups is 1. The fourth-order valence-corrected chi connectivity index (χ4v) is 1.78. The summed E-state index contributed by atoms with van der Waals surface area (Å²) in [6, 6.07) is 4.66. The molecule has 0 aliphatic carbocycles. The van der Waals surface area contributed by atoms with E-state index in [-0.39, 0.29) is 19.2 Å². The van der Waals surface area contributed by atoms with E-state index >= 15 is 0 Å². The van der Waals surface area contributed by atoms with Crippen LogP contribution in [0.1, 0.15) is 6.92 Å². The molecule has 2 N–H and O–H groups in total. The molecule has 0 heterocycles. The summed E-state index contributed by atoms with van der Waals surface area (Å²) in [4.78, 5) is 13.5. The Labute approximate surface area is 123 Å². The monoisotopic (exact) mass is 298 g/mol. The second-order valence-electron chi connectivity index (χ2n) is 3.96. The number of urea groups is 1. The zero-order valence-corrected chi connectivity index (χ0v) is 12.2. The topological polar surface area (TPSA) is 61.8 Å². The molecule has 0 radical (unpaired) electrons. The highest BCUT2D eigenvalue weighted by Gasteiger charge is 2.14. The van der Waals surface area contributed by atoms with Gasteiger partial charge in [0.15, 0.2) is 0 Å². The van der Waals surface area contributed by atoms with Crippen molar-refractivity contribution in [1.82, 2.24) is 4.90 Å². The van der Waals surface area contributed by atoms with Crippen LogP contribution in [-0.2, 0) is 0 Å². The number of carbonyl (C=O) groups excluding carboxylic acids is 1. The Morgan fingerprint density at radius 1 is 1.60 bits per heavy atom. The summed E-state index contributed by atoms with van der Waals surface area (Å²) in [5.74, 6) is 0.510. The molecule has 0 saturated heterocycles. The number of halogens is 1. The molecular weight excluding hydrogens is 280 g/mol. The number of rotatable bonds is 7. The predicted molar refractivity (Wildman–Crippen MR) is 80.5 cm³/mol. The minimum absolute atomic E-state index is 0.111. The van der Waals surface area contributed by atoms with Crippen LogP contribution in [0, 0.1) is 0 Å². The third-order valence-corrected chi connectivity index (χ3v) is 2.73. The molecule has 0 spiro atoms. The van der Waals surface area contributed by atoms with Gasteiger partial charge in [0.25, 0.3) is 0 Å². The first kappa shape index (κ1) is 16.3. The lowest BCUT2D eigenvalue weighted by molar-refractivity contribution is 0.195. The van der Waals surface area contributed by atoms with Gasteiger partial charge in [-0.3, -0.25) is 0 Å². The molecule has 0 unspecified atom stereocenters. The van der Waals surface area contributed by atoms with Gasteiger partial charge in [0.1, 0.15) is 5.75 Å². The number of benzene rings is 1. The molecule has 20 heavy (non-hydrogen) atoms. The van der Waals surface area contributed by atoms with E-state index in [1.54, 1.807) is 24.3 Å². The van der Waals surface area contributed by atoms with Crippen LogP contribution in [0.5, 0.6) is 5.75 Å². The first-order valence-corrected chi connectivity index (χ1v) is 6.70. The largest absolute Gasteiger partial charge is 0.492 e. The predicted octanol–water partition coefficient (Wildman–Crippen LogP) is 2.75. The maximum atomic E-state index is 12.1. The Morgan fingerprint density at radius 2 is 2.35 bits per heavy atom. The number of nitrogens with zero attached hydrogens (tertiary/aromatic N) is 1. The molecule has 0 aromatic heterocycles. The highest BCUT2D eigenvalue weighted by molar-refractivity contribution is 6.30. The fraction of sp³-hybridized carbons (Fsp3) is 0.357. The molecule has 5 nitrogen and oxygen atoms in total. The Balaban J connectivity index is 2.85. The maximum Gasteiger partial charge on any atom is 0.322 e. The van der Waals surface area contributed by atoms with Gasteiger partial charge in [0.05, 0.1) is 18.9 Å². The third kappa shape index (κ3) is 4.75. The summed E-state index contributed by atoms with van der Waals surface area (Å²) >= 11 is 5.90. The van der Waals surface area contributed by atoms with Gasteiger partial charge in [0.2, 0.25) is 0 Å². The standard InChI is InChI=1S/C14H19ClN2O3/c1-3-7-17(8-9-18)14(19)16-12-6-5-11(15)10-13(12)20-4-2/h3,5-6,10,18H,1,4,7-9H2,2H3,(H,16,19). The molecule has 2 amide bonds. The lowest BCUT2D eigenvalue weighted by atomic mass is 10.3. The van der Waals surface area contributed by atoms with Gasteiger partial charge in [-0.2, -0.15) is 0 Å². The van der Waals surface area contributed by atoms with Crippen LogP contribution < -0.4 is 10.1 Å². The minimum atomic E-state index is -0.331. The van der Waals surface area contributed by atoms with Crippen molar-refractivity contribution < 1.29 is 14.6 Å². The fourth-order valence-electron chi connectivity index (χ4n) is 1.62. The second-order valence-corrected chi connectivity index (χ2v) is 4.40. The molecule has 1 aromatic rings. The number of aliphatic hydroxyl groups excluding tert-OH is 1. The Hall–Kier alpha value is -1.72. The molecular formula is C14H19ClN2O3.